The lowest BCUT2D eigenvalue weighted by molar-refractivity contribution is 0.0697. The van der Waals surface area contributed by atoms with E-state index in [0.29, 0.717) is 0 Å². The number of hydrogen-bond acceptors (Lipinski definition) is 4. The second-order valence-corrected chi connectivity index (χ2v) is 9.87. The summed E-state index contributed by atoms with van der Waals surface area (Å²) in [4.78, 5) is 18.3. The van der Waals surface area contributed by atoms with Gasteiger partial charge in [0.2, 0.25) is 0 Å². The summed E-state index contributed by atoms with van der Waals surface area (Å²) in [6.45, 7) is 5.81. The number of nitrogens with one attached hydrogen (secondary N) is 2. The zero-order chi connectivity index (χ0) is 26.6. The minimum atomic E-state index is -0.931. The molecule has 1 fully saturated rings. The molecule has 1 aliphatic rings. The Morgan fingerprint density at radius 1 is 1.05 bits per heavy atom. The van der Waals surface area contributed by atoms with Crippen LogP contribution < -0.4 is 10.6 Å². The van der Waals surface area contributed by atoms with Crippen molar-refractivity contribution < 1.29 is 9.90 Å². The molecule has 0 radical (unpaired) electrons. The Hall–Kier alpha value is -4.17. The van der Waals surface area contributed by atoms with E-state index < -0.39 is 5.97 Å². The van der Waals surface area contributed by atoms with Crippen molar-refractivity contribution in [3.05, 3.63) is 113 Å². The van der Waals surface area contributed by atoms with Crippen LogP contribution in [0.2, 0.25) is 0 Å². The Morgan fingerprint density at radius 3 is 2.47 bits per heavy atom. The summed E-state index contributed by atoms with van der Waals surface area (Å²) >= 11 is 5.86. The van der Waals surface area contributed by atoms with E-state index in [1.165, 1.54) is 5.56 Å². The van der Waals surface area contributed by atoms with Crippen LogP contribution >= 0.6 is 12.2 Å². The van der Waals surface area contributed by atoms with Crippen LogP contribution in [0, 0.1) is 13.8 Å². The zero-order valence-corrected chi connectivity index (χ0v) is 22.3. The van der Waals surface area contributed by atoms with E-state index in [1.54, 1.807) is 12.1 Å². The number of nitrogens with zero attached hydrogens (tertiary/aromatic N) is 3. The molecule has 194 valence electrons. The third-order valence-electron chi connectivity index (χ3n) is 7.04. The van der Waals surface area contributed by atoms with Crippen LogP contribution in [0.25, 0.3) is 5.69 Å². The van der Waals surface area contributed by atoms with Crippen molar-refractivity contribution in [2.24, 2.45) is 0 Å². The third-order valence-corrected chi connectivity index (χ3v) is 7.39. The fourth-order valence-electron chi connectivity index (χ4n) is 5.26. The van der Waals surface area contributed by atoms with E-state index in [-0.39, 0.29) is 17.6 Å². The molecule has 0 spiro atoms. The van der Waals surface area contributed by atoms with Crippen LogP contribution in [0.3, 0.4) is 0 Å². The van der Waals surface area contributed by atoms with E-state index in [1.807, 2.05) is 54.7 Å². The van der Waals surface area contributed by atoms with Crippen LogP contribution in [-0.2, 0) is 0 Å². The second kappa shape index (κ2) is 11.1. The minimum Gasteiger partial charge on any atom is -0.478 e. The van der Waals surface area contributed by atoms with E-state index in [2.05, 4.69) is 57.1 Å². The molecule has 0 unspecified atom stereocenters. The number of aromatic carboxylic acids is 1. The Kier molecular flexibility index (Phi) is 7.42. The molecule has 3 heterocycles. The summed E-state index contributed by atoms with van der Waals surface area (Å²) in [6.07, 6.45) is 2.73. The molecule has 0 aliphatic carbocycles. The van der Waals surface area contributed by atoms with Gasteiger partial charge in [0, 0.05) is 42.0 Å². The Bertz CT molecular complexity index is 1420. The standard InChI is InChI=1S/C30H31N5O2S/c1-20-19-25(21(2)35(20)24-14-12-22(13-15-24)29(36)37)28-27(26-11-6-7-16-32-26)33-30(38)34(28)18-8-17-31-23-9-4-3-5-10-23/h3-7,9-16,19,27-28,31H,8,17-18H2,1-2H3,(H,33,38)(H,36,37)/t27-,28+/m1/s1. The van der Waals surface area contributed by atoms with Crippen molar-refractivity contribution in [2.75, 3.05) is 18.4 Å². The van der Waals surface area contributed by atoms with Gasteiger partial charge in [-0.25, -0.2) is 4.79 Å². The van der Waals surface area contributed by atoms with Gasteiger partial charge in [0.15, 0.2) is 5.11 Å². The zero-order valence-electron chi connectivity index (χ0n) is 21.5. The number of benzene rings is 2. The van der Waals surface area contributed by atoms with E-state index in [0.717, 1.165) is 53.1 Å². The second-order valence-electron chi connectivity index (χ2n) is 9.48. The largest absolute Gasteiger partial charge is 0.478 e. The van der Waals surface area contributed by atoms with Crippen LogP contribution in [-0.4, -0.2) is 43.7 Å². The molecule has 5 rings (SSSR count). The van der Waals surface area contributed by atoms with Crippen molar-refractivity contribution in [2.45, 2.75) is 32.4 Å². The molecule has 3 N–H and O–H groups in total. The maximum absolute atomic E-state index is 11.3. The van der Waals surface area contributed by atoms with Gasteiger partial charge in [0.05, 0.1) is 23.3 Å². The predicted molar refractivity (Wildman–Crippen MR) is 154 cm³/mol. The minimum absolute atomic E-state index is 0.0348. The first kappa shape index (κ1) is 25.5. The number of carboxylic acid groups (broad SMARTS) is 1. The molecule has 7 nitrogen and oxygen atoms in total. The van der Waals surface area contributed by atoms with E-state index >= 15 is 0 Å². The van der Waals surface area contributed by atoms with Crippen molar-refractivity contribution >= 4 is 29.0 Å². The van der Waals surface area contributed by atoms with Gasteiger partial charge >= 0.3 is 5.97 Å². The molecule has 0 saturated carbocycles. The monoisotopic (exact) mass is 525 g/mol. The summed E-state index contributed by atoms with van der Waals surface area (Å²) in [5.41, 5.74) is 6.59. The third kappa shape index (κ3) is 5.13. The van der Waals surface area contributed by atoms with Crippen LogP contribution in [0.15, 0.2) is 85.1 Å². The van der Waals surface area contributed by atoms with Gasteiger partial charge in [-0.1, -0.05) is 24.3 Å². The topological polar surface area (TPSA) is 82.4 Å². The number of anilines is 1. The number of aryl methyl sites for hydroxylation is 1. The van der Waals surface area contributed by atoms with Gasteiger partial charge in [-0.15, -0.1) is 0 Å². The number of thiocarbonyl (C=S) groups is 1. The highest BCUT2D eigenvalue weighted by atomic mass is 32.1. The van der Waals surface area contributed by atoms with Gasteiger partial charge in [-0.3, -0.25) is 4.98 Å². The lowest BCUT2D eigenvalue weighted by Crippen LogP contribution is -2.31. The fraction of sp³-hybridized carbons (Fsp3) is 0.233. The van der Waals surface area contributed by atoms with Gasteiger partial charge in [-0.05, 0) is 92.6 Å². The van der Waals surface area contributed by atoms with Crippen LogP contribution in [0.1, 0.15) is 51.5 Å². The van der Waals surface area contributed by atoms with Gasteiger partial charge in [-0.2, -0.15) is 0 Å². The number of rotatable bonds is 9. The maximum atomic E-state index is 11.3. The highest BCUT2D eigenvalue weighted by molar-refractivity contribution is 7.80. The quantitative estimate of drug-likeness (QED) is 0.192. The molecular weight excluding hydrogens is 494 g/mol. The number of pyridine rings is 1. The Labute approximate surface area is 228 Å². The summed E-state index contributed by atoms with van der Waals surface area (Å²) in [5, 5.41) is 17.1. The Balaban J connectivity index is 1.45. The molecule has 2 aromatic heterocycles. The molecular formula is C30H31N5O2S. The smallest absolute Gasteiger partial charge is 0.335 e. The van der Waals surface area contributed by atoms with Crippen molar-refractivity contribution in [1.29, 1.82) is 0 Å². The van der Waals surface area contributed by atoms with E-state index in [4.69, 9.17) is 12.2 Å². The molecule has 1 saturated heterocycles. The lowest BCUT2D eigenvalue weighted by Gasteiger charge is -2.28. The first-order valence-corrected chi connectivity index (χ1v) is 13.1. The average Bonchev–Trinajstić information content (AvgIpc) is 3.42. The molecule has 0 amide bonds. The van der Waals surface area contributed by atoms with Crippen molar-refractivity contribution in [1.82, 2.24) is 19.8 Å². The summed E-state index contributed by atoms with van der Waals surface area (Å²) in [6, 6.07) is 25.3. The molecule has 2 atom stereocenters. The summed E-state index contributed by atoms with van der Waals surface area (Å²) in [5.74, 6) is -0.931. The van der Waals surface area contributed by atoms with Gasteiger partial charge < -0.3 is 25.2 Å². The van der Waals surface area contributed by atoms with Crippen LogP contribution in [0.5, 0.6) is 0 Å². The van der Waals surface area contributed by atoms with Crippen LogP contribution in [0.4, 0.5) is 5.69 Å². The normalized spacial score (nSPS) is 16.9. The number of para-hydroxylation sites is 1. The predicted octanol–water partition coefficient (Wildman–Crippen LogP) is 5.66. The Morgan fingerprint density at radius 2 is 1.79 bits per heavy atom. The number of carbonyl (C=O) groups is 1. The number of aromatic nitrogens is 2. The highest BCUT2D eigenvalue weighted by Gasteiger charge is 2.41. The number of hydrogen-bond donors (Lipinski definition) is 3. The van der Waals surface area contributed by atoms with Gasteiger partial charge in [0.25, 0.3) is 0 Å². The van der Waals surface area contributed by atoms with E-state index in [9.17, 15) is 9.90 Å². The SMILES string of the molecule is Cc1cc([C@H]2[C@@H](c3ccccn3)NC(=S)N2CCCNc2ccccc2)c(C)n1-c1ccc(C(=O)O)cc1. The van der Waals surface area contributed by atoms with Crippen molar-refractivity contribution in [3.8, 4) is 5.69 Å². The first-order valence-electron chi connectivity index (χ1n) is 12.7. The lowest BCUT2D eigenvalue weighted by atomic mass is 9.96. The van der Waals surface area contributed by atoms with Crippen molar-refractivity contribution in [3.63, 3.8) is 0 Å². The molecule has 2 aromatic carbocycles. The average molecular weight is 526 g/mol. The van der Waals surface area contributed by atoms with Gasteiger partial charge in [0.1, 0.15) is 0 Å². The molecule has 8 heteroatoms. The molecule has 1 aliphatic heterocycles. The summed E-state index contributed by atoms with van der Waals surface area (Å²) < 4.78 is 2.17. The number of carboxylic acids is 1. The fourth-order valence-corrected chi connectivity index (χ4v) is 5.59. The summed E-state index contributed by atoms with van der Waals surface area (Å²) in [7, 11) is 0. The maximum Gasteiger partial charge on any atom is 0.335 e. The molecule has 4 aromatic rings. The molecule has 0 bridgehead atoms. The highest BCUT2D eigenvalue weighted by Crippen LogP contribution is 2.41. The molecule has 38 heavy (non-hydrogen) atoms. The first-order chi connectivity index (χ1) is 18.4.